The minimum absolute atomic E-state index is 0.0434. The summed E-state index contributed by atoms with van der Waals surface area (Å²) in [5, 5.41) is 13.0. The van der Waals surface area contributed by atoms with Gasteiger partial charge in [0, 0.05) is 23.4 Å². The molecule has 1 N–H and O–H groups in total. The Morgan fingerprint density at radius 3 is 2.51 bits per heavy atom. The Morgan fingerprint density at radius 2 is 1.81 bits per heavy atom. The van der Waals surface area contributed by atoms with E-state index in [1.807, 2.05) is 23.6 Å². The van der Waals surface area contributed by atoms with Crippen LogP contribution in [0.25, 0.3) is 0 Å². The van der Waals surface area contributed by atoms with E-state index in [0.29, 0.717) is 23.1 Å². The number of allylic oxidation sites excluding steroid dienone is 2. The van der Waals surface area contributed by atoms with E-state index in [1.165, 1.54) is 23.3 Å². The first-order valence-electron chi connectivity index (χ1n) is 12.1. The number of imide groups is 2. The molecule has 1 aromatic heterocycles. The highest BCUT2D eigenvalue weighted by molar-refractivity contribution is 7.09. The Bertz CT molecular complexity index is 1410. The number of hydrogen-bond donors (Lipinski definition) is 1. The Morgan fingerprint density at radius 1 is 1.05 bits per heavy atom. The fourth-order valence-corrected chi connectivity index (χ4v) is 8.49. The number of phenolic OH excluding ortho intramolecular Hbond substituents is 1. The van der Waals surface area contributed by atoms with Crippen molar-refractivity contribution in [2.75, 3.05) is 7.05 Å². The number of likely N-dealkylation sites (tertiary alicyclic amines) is 2. The largest absolute Gasteiger partial charge is 0.507 e. The van der Waals surface area contributed by atoms with Crippen LogP contribution >= 0.6 is 34.5 Å². The summed E-state index contributed by atoms with van der Waals surface area (Å²) in [6, 6.07) is 8.89. The third-order valence-electron chi connectivity index (χ3n) is 8.58. The number of amides is 4. The molecule has 7 nitrogen and oxygen atoms in total. The van der Waals surface area contributed by atoms with Crippen molar-refractivity contribution in [3.8, 4) is 5.75 Å². The standard InChI is InChI=1S/C27H24Cl2N2O5S/c1-13-5-3-7-17(21(13)32)20-15-8-9-16-19(23(34)31(22(16)33)12-14-6-4-10-37-14)18(15)11-26(28)24(35)30(2)25(36)27(20,26)29/h3-8,10,16,18-20,32H,9,11-12H2,1-2H3/t16-,18+,19-,20+,26+,27-/m0/s1. The second kappa shape index (κ2) is 8.16. The van der Waals surface area contributed by atoms with Crippen LogP contribution in [0.3, 0.4) is 0 Å². The lowest BCUT2D eigenvalue weighted by molar-refractivity contribution is -0.141. The maximum absolute atomic E-state index is 13.8. The maximum atomic E-state index is 13.8. The molecule has 0 radical (unpaired) electrons. The number of nitrogens with zero attached hydrogens (tertiary/aromatic N) is 2. The van der Waals surface area contributed by atoms with Gasteiger partial charge in [-0.3, -0.25) is 29.0 Å². The number of benzene rings is 1. The van der Waals surface area contributed by atoms with Crippen molar-refractivity contribution in [2.24, 2.45) is 17.8 Å². The summed E-state index contributed by atoms with van der Waals surface area (Å²) < 4.78 is 0. The van der Waals surface area contributed by atoms with E-state index < -0.39 is 45.2 Å². The van der Waals surface area contributed by atoms with Crippen LogP contribution in [0.15, 0.2) is 47.4 Å². The third-order valence-corrected chi connectivity index (χ3v) is 10.9. The van der Waals surface area contributed by atoms with E-state index in [2.05, 4.69) is 0 Å². The van der Waals surface area contributed by atoms with Gasteiger partial charge in [0.15, 0.2) is 9.75 Å². The highest BCUT2D eigenvalue weighted by Gasteiger charge is 2.76. The van der Waals surface area contributed by atoms with Gasteiger partial charge >= 0.3 is 0 Å². The van der Waals surface area contributed by atoms with Crippen LogP contribution in [-0.2, 0) is 25.7 Å². The van der Waals surface area contributed by atoms with Crippen LogP contribution in [-0.4, -0.2) is 55.3 Å². The number of hydrogen-bond acceptors (Lipinski definition) is 6. The number of para-hydroxylation sites is 1. The molecule has 6 rings (SSSR count). The van der Waals surface area contributed by atoms with Crippen molar-refractivity contribution in [3.63, 3.8) is 0 Å². The molecular weight excluding hydrogens is 535 g/mol. The number of aryl methyl sites for hydroxylation is 1. The van der Waals surface area contributed by atoms with E-state index in [-0.39, 0.29) is 30.5 Å². The Labute approximate surface area is 227 Å². The predicted octanol–water partition coefficient (Wildman–Crippen LogP) is 3.95. The van der Waals surface area contributed by atoms with Gasteiger partial charge in [-0.2, -0.15) is 0 Å². The number of alkyl halides is 2. The molecule has 4 amide bonds. The maximum Gasteiger partial charge on any atom is 0.253 e. The minimum atomic E-state index is -1.90. The van der Waals surface area contributed by atoms with E-state index in [4.69, 9.17) is 23.2 Å². The number of thiophene rings is 1. The van der Waals surface area contributed by atoms with Crippen LogP contribution in [0, 0.1) is 24.7 Å². The summed E-state index contributed by atoms with van der Waals surface area (Å²) in [4.78, 5) is 53.6. The molecule has 6 atom stereocenters. The third kappa shape index (κ3) is 3.06. The highest BCUT2D eigenvalue weighted by Crippen LogP contribution is 2.66. The Balaban J connectivity index is 1.51. The number of aromatic hydroxyl groups is 1. The molecule has 2 saturated heterocycles. The number of rotatable bonds is 3. The highest BCUT2D eigenvalue weighted by atomic mass is 35.5. The zero-order valence-corrected chi connectivity index (χ0v) is 22.4. The molecule has 10 heteroatoms. The summed E-state index contributed by atoms with van der Waals surface area (Å²) >= 11 is 15.7. The first kappa shape index (κ1) is 24.6. The lowest BCUT2D eigenvalue weighted by Gasteiger charge is -2.50. The Kier molecular flexibility index (Phi) is 5.43. The monoisotopic (exact) mass is 558 g/mol. The number of fused-ring (bicyclic) bond motifs is 4. The molecule has 37 heavy (non-hydrogen) atoms. The second-order valence-electron chi connectivity index (χ2n) is 10.4. The zero-order chi connectivity index (χ0) is 26.4. The fourth-order valence-electron chi connectivity index (χ4n) is 6.78. The van der Waals surface area contributed by atoms with Crippen molar-refractivity contribution >= 4 is 58.2 Å². The van der Waals surface area contributed by atoms with Gasteiger partial charge in [0.05, 0.1) is 18.4 Å². The van der Waals surface area contributed by atoms with Crippen molar-refractivity contribution in [3.05, 3.63) is 63.4 Å². The van der Waals surface area contributed by atoms with E-state index in [9.17, 15) is 24.3 Å². The SMILES string of the molecule is Cc1cccc([C@H]2C3=CC[C@@H]4C(=O)N(Cc5cccs5)C(=O)[C@@H]4[C@@H]3C[C@@]3(Cl)C(=O)N(C)C(=O)[C@@]23Cl)c1O. The fraction of sp³-hybridized carbons (Fsp3) is 0.407. The molecule has 2 aromatic rings. The van der Waals surface area contributed by atoms with Crippen molar-refractivity contribution in [2.45, 2.75) is 42.0 Å². The van der Waals surface area contributed by atoms with Gasteiger partial charge in [-0.05, 0) is 42.7 Å². The van der Waals surface area contributed by atoms with Crippen LogP contribution in [0.2, 0.25) is 0 Å². The van der Waals surface area contributed by atoms with Crippen LogP contribution in [0.1, 0.15) is 34.8 Å². The zero-order valence-electron chi connectivity index (χ0n) is 20.1. The molecular formula is C27H24Cl2N2O5S. The molecule has 0 unspecified atom stereocenters. The molecule has 3 heterocycles. The van der Waals surface area contributed by atoms with E-state index in [1.54, 1.807) is 25.1 Å². The van der Waals surface area contributed by atoms with Crippen LogP contribution in [0.5, 0.6) is 5.75 Å². The number of carbonyl (C=O) groups is 4. The lowest BCUT2D eigenvalue weighted by atomic mass is 9.56. The average Bonchev–Trinajstić information content (AvgIpc) is 3.51. The summed E-state index contributed by atoms with van der Waals surface area (Å²) in [7, 11) is 1.35. The van der Waals surface area contributed by atoms with Gasteiger partial charge in [-0.1, -0.05) is 35.9 Å². The number of carbonyl (C=O) groups excluding carboxylic acids is 4. The van der Waals surface area contributed by atoms with E-state index >= 15 is 0 Å². The van der Waals surface area contributed by atoms with Gasteiger partial charge in [0.2, 0.25) is 11.8 Å². The summed E-state index contributed by atoms with van der Waals surface area (Å²) in [5.74, 6) is -4.74. The molecule has 192 valence electrons. The molecule has 3 fully saturated rings. The molecule has 1 saturated carbocycles. The summed E-state index contributed by atoms with van der Waals surface area (Å²) in [6.45, 7) is 1.92. The molecule has 4 aliphatic rings. The van der Waals surface area contributed by atoms with Crippen molar-refractivity contribution < 1.29 is 24.3 Å². The molecule has 0 spiro atoms. The topological polar surface area (TPSA) is 95.0 Å². The lowest BCUT2D eigenvalue weighted by Crippen LogP contribution is -2.60. The van der Waals surface area contributed by atoms with Crippen molar-refractivity contribution in [1.82, 2.24) is 9.80 Å². The molecule has 1 aromatic carbocycles. The molecule has 2 aliphatic heterocycles. The van der Waals surface area contributed by atoms with Gasteiger partial charge in [0.1, 0.15) is 5.75 Å². The van der Waals surface area contributed by atoms with Crippen molar-refractivity contribution in [1.29, 1.82) is 0 Å². The van der Waals surface area contributed by atoms with Gasteiger partial charge in [-0.15, -0.1) is 34.5 Å². The van der Waals surface area contributed by atoms with Crippen LogP contribution < -0.4 is 0 Å². The van der Waals surface area contributed by atoms with E-state index in [0.717, 1.165) is 9.78 Å². The van der Waals surface area contributed by atoms with Crippen LogP contribution in [0.4, 0.5) is 0 Å². The minimum Gasteiger partial charge on any atom is -0.507 e. The average molecular weight is 559 g/mol. The van der Waals surface area contributed by atoms with Gasteiger partial charge in [-0.25, -0.2) is 0 Å². The van der Waals surface area contributed by atoms with Gasteiger partial charge in [0.25, 0.3) is 11.8 Å². The number of phenols is 1. The van der Waals surface area contributed by atoms with Gasteiger partial charge < -0.3 is 5.11 Å². The summed E-state index contributed by atoms with van der Waals surface area (Å²) in [5.41, 5.74) is 1.62. The first-order chi connectivity index (χ1) is 17.5. The molecule has 2 aliphatic carbocycles. The summed E-state index contributed by atoms with van der Waals surface area (Å²) in [6.07, 6.45) is 2.11. The smallest absolute Gasteiger partial charge is 0.253 e. The predicted molar refractivity (Wildman–Crippen MR) is 138 cm³/mol. The normalized spacial score (nSPS) is 35.0. The second-order valence-corrected chi connectivity index (χ2v) is 12.6. The number of halogens is 2. The molecule has 0 bridgehead atoms. The quantitative estimate of drug-likeness (QED) is 0.349. The Hall–Kier alpha value is -2.68. The first-order valence-corrected chi connectivity index (χ1v) is 13.7.